The Bertz CT molecular complexity index is 956. The summed E-state index contributed by atoms with van der Waals surface area (Å²) in [6, 6.07) is 11.0. The predicted molar refractivity (Wildman–Crippen MR) is 108 cm³/mol. The van der Waals surface area contributed by atoms with Crippen molar-refractivity contribution in [3.8, 4) is 0 Å². The SMILES string of the molecule is CN(Cc1ccccc1)C(=O)c1cc(C(=O)NC2CC3OCCCC23)c[nH]c1=O. The lowest BCUT2D eigenvalue weighted by molar-refractivity contribution is -0.100. The number of rotatable bonds is 5. The summed E-state index contributed by atoms with van der Waals surface area (Å²) in [7, 11) is 1.64. The van der Waals surface area contributed by atoms with Gasteiger partial charge in [-0.25, -0.2) is 0 Å². The lowest BCUT2D eigenvalue weighted by atomic mass is 9.72. The van der Waals surface area contributed by atoms with Crippen molar-refractivity contribution in [2.45, 2.75) is 38.0 Å². The standard InChI is InChI=1S/C22H25N3O4/c1-25(13-14-6-3-2-4-7-14)22(28)17-10-15(12-23-21(17)27)20(26)24-18-11-19-16(18)8-5-9-29-19/h2-4,6-7,10,12,16,18-19H,5,8-9,11,13H2,1H3,(H,23,27)(H,24,26). The molecule has 7 nitrogen and oxygen atoms in total. The van der Waals surface area contributed by atoms with Crippen molar-refractivity contribution in [2.24, 2.45) is 5.92 Å². The van der Waals surface area contributed by atoms with Crippen molar-refractivity contribution >= 4 is 11.8 Å². The summed E-state index contributed by atoms with van der Waals surface area (Å²) in [6.45, 7) is 1.17. The van der Waals surface area contributed by atoms with E-state index in [0.29, 0.717) is 12.5 Å². The topological polar surface area (TPSA) is 91.5 Å². The molecule has 0 spiro atoms. The Morgan fingerprint density at radius 1 is 1.28 bits per heavy atom. The first-order valence-corrected chi connectivity index (χ1v) is 9.97. The highest BCUT2D eigenvalue weighted by atomic mass is 16.5. The minimum Gasteiger partial charge on any atom is -0.378 e. The second-order valence-corrected chi connectivity index (χ2v) is 7.81. The van der Waals surface area contributed by atoms with Crippen LogP contribution in [-0.2, 0) is 11.3 Å². The minimum atomic E-state index is -0.504. The second-order valence-electron chi connectivity index (χ2n) is 7.81. The molecule has 29 heavy (non-hydrogen) atoms. The van der Waals surface area contributed by atoms with Crippen LogP contribution in [0.25, 0.3) is 0 Å². The third-order valence-electron chi connectivity index (χ3n) is 5.82. The molecule has 0 radical (unpaired) electrons. The number of hydrogen-bond donors (Lipinski definition) is 2. The first-order chi connectivity index (χ1) is 14.0. The van der Waals surface area contributed by atoms with Crippen LogP contribution in [0.15, 0.2) is 47.4 Å². The highest BCUT2D eigenvalue weighted by Gasteiger charge is 2.44. The molecule has 1 aliphatic heterocycles. The van der Waals surface area contributed by atoms with Crippen LogP contribution in [0.3, 0.4) is 0 Å². The molecule has 3 atom stereocenters. The molecule has 1 aromatic heterocycles. The molecule has 2 aromatic rings. The summed E-state index contributed by atoms with van der Waals surface area (Å²) in [4.78, 5) is 41.7. The number of ether oxygens (including phenoxy) is 1. The Balaban J connectivity index is 1.44. The van der Waals surface area contributed by atoms with Crippen molar-refractivity contribution in [2.75, 3.05) is 13.7 Å². The first-order valence-electron chi connectivity index (χ1n) is 9.97. The Morgan fingerprint density at radius 2 is 2.07 bits per heavy atom. The number of benzene rings is 1. The third-order valence-corrected chi connectivity index (χ3v) is 5.82. The van der Waals surface area contributed by atoms with E-state index in [9.17, 15) is 14.4 Å². The van der Waals surface area contributed by atoms with E-state index in [1.165, 1.54) is 17.2 Å². The molecular formula is C22H25N3O4. The highest BCUT2D eigenvalue weighted by Crippen LogP contribution is 2.37. The average Bonchev–Trinajstić information content (AvgIpc) is 2.72. The number of H-pyrrole nitrogens is 1. The average molecular weight is 395 g/mol. The van der Waals surface area contributed by atoms with E-state index in [4.69, 9.17) is 4.74 Å². The van der Waals surface area contributed by atoms with Crippen LogP contribution in [0.4, 0.5) is 0 Å². The quantitative estimate of drug-likeness (QED) is 0.809. The molecule has 1 saturated heterocycles. The first kappa shape index (κ1) is 19.4. The van der Waals surface area contributed by atoms with Gasteiger partial charge in [0.15, 0.2) is 0 Å². The molecule has 2 fully saturated rings. The molecular weight excluding hydrogens is 370 g/mol. The van der Waals surface area contributed by atoms with Crippen molar-refractivity contribution in [3.05, 3.63) is 69.6 Å². The Kier molecular flexibility index (Phi) is 5.49. The number of carbonyl (C=O) groups excluding carboxylic acids is 2. The van der Waals surface area contributed by atoms with Crippen LogP contribution in [0.2, 0.25) is 0 Å². The van der Waals surface area contributed by atoms with Gasteiger partial charge in [-0.05, 0) is 30.9 Å². The summed E-state index contributed by atoms with van der Waals surface area (Å²) in [5.41, 5.74) is 0.698. The van der Waals surface area contributed by atoms with E-state index in [2.05, 4.69) is 10.3 Å². The number of fused-ring (bicyclic) bond motifs is 1. The zero-order valence-corrected chi connectivity index (χ0v) is 16.4. The lowest BCUT2D eigenvalue weighted by Gasteiger charge is -2.47. The number of hydrogen-bond acceptors (Lipinski definition) is 4. The molecule has 1 aliphatic carbocycles. The van der Waals surface area contributed by atoms with Gasteiger partial charge in [0, 0.05) is 38.4 Å². The Labute approximate surface area is 169 Å². The molecule has 152 valence electrons. The van der Waals surface area contributed by atoms with Crippen LogP contribution < -0.4 is 10.9 Å². The maximum Gasteiger partial charge on any atom is 0.260 e. The predicted octanol–water partition coefficient (Wildman–Crippen LogP) is 1.94. The monoisotopic (exact) mass is 395 g/mol. The molecule has 1 saturated carbocycles. The Morgan fingerprint density at radius 3 is 2.83 bits per heavy atom. The van der Waals surface area contributed by atoms with E-state index in [1.807, 2.05) is 30.3 Å². The van der Waals surface area contributed by atoms with E-state index >= 15 is 0 Å². The van der Waals surface area contributed by atoms with Gasteiger partial charge in [0.05, 0.1) is 11.7 Å². The minimum absolute atomic E-state index is 0.0384. The fourth-order valence-corrected chi connectivity index (χ4v) is 4.12. The van der Waals surface area contributed by atoms with Crippen molar-refractivity contribution in [1.82, 2.24) is 15.2 Å². The Hall–Kier alpha value is -2.93. The summed E-state index contributed by atoms with van der Waals surface area (Å²) < 4.78 is 5.69. The normalized spacial score (nSPS) is 22.9. The van der Waals surface area contributed by atoms with Crippen LogP contribution in [-0.4, -0.2) is 47.5 Å². The number of pyridine rings is 1. The van der Waals surface area contributed by atoms with E-state index in [1.54, 1.807) is 7.05 Å². The number of nitrogens with zero attached hydrogens (tertiary/aromatic N) is 1. The summed E-state index contributed by atoms with van der Waals surface area (Å²) in [5, 5.41) is 3.02. The zero-order chi connectivity index (χ0) is 20.4. The summed E-state index contributed by atoms with van der Waals surface area (Å²) >= 11 is 0. The lowest BCUT2D eigenvalue weighted by Crippen LogP contribution is -2.57. The van der Waals surface area contributed by atoms with E-state index in [-0.39, 0.29) is 29.2 Å². The van der Waals surface area contributed by atoms with Gasteiger partial charge in [0.2, 0.25) is 0 Å². The van der Waals surface area contributed by atoms with E-state index in [0.717, 1.165) is 31.4 Å². The van der Waals surface area contributed by atoms with Crippen LogP contribution in [0.1, 0.15) is 45.5 Å². The van der Waals surface area contributed by atoms with Gasteiger partial charge in [-0.2, -0.15) is 0 Å². The molecule has 2 N–H and O–H groups in total. The van der Waals surface area contributed by atoms with E-state index < -0.39 is 11.5 Å². The maximum atomic E-state index is 12.8. The maximum absolute atomic E-state index is 12.8. The number of carbonyl (C=O) groups is 2. The molecule has 1 aromatic carbocycles. The zero-order valence-electron chi connectivity index (χ0n) is 16.4. The molecule has 0 bridgehead atoms. The molecule has 7 heteroatoms. The second kappa shape index (κ2) is 8.21. The molecule has 2 heterocycles. The molecule has 3 unspecified atom stereocenters. The van der Waals surface area contributed by atoms with Crippen molar-refractivity contribution in [3.63, 3.8) is 0 Å². The van der Waals surface area contributed by atoms with Gasteiger partial charge >= 0.3 is 0 Å². The molecule has 2 amide bonds. The summed E-state index contributed by atoms with van der Waals surface area (Å²) in [5.74, 6) is -0.349. The van der Waals surface area contributed by atoms with Gasteiger partial charge in [-0.1, -0.05) is 30.3 Å². The molecule has 2 aliphatic rings. The largest absolute Gasteiger partial charge is 0.378 e. The third kappa shape index (κ3) is 4.10. The highest BCUT2D eigenvalue weighted by molar-refractivity contribution is 5.99. The van der Waals surface area contributed by atoms with Crippen LogP contribution >= 0.6 is 0 Å². The fourth-order valence-electron chi connectivity index (χ4n) is 4.12. The molecule has 4 rings (SSSR count). The van der Waals surface area contributed by atoms with Crippen molar-refractivity contribution in [1.29, 1.82) is 0 Å². The van der Waals surface area contributed by atoms with Gasteiger partial charge < -0.3 is 19.9 Å². The van der Waals surface area contributed by atoms with Crippen LogP contribution in [0.5, 0.6) is 0 Å². The number of nitrogens with one attached hydrogen (secondary N) is 2. The fraction of sp³-hybridized carbons (Fsp3) is 0.409. The summed E-state index contributed by atoms with van der Waals surface area (Å²) in [6.07, 6.45) is 4.48. The van der Waals surface area contributed by atoms with Crippen molar-refractivity contribution < 1.29 is 14.3 Å². The van der Waals surface area contributed by atoms with Crippen LogP contribution in [0, 0.1) is 5.92 Å². The number of amides is 2. The van der Waals surface area contributed by atoms with Gasteiger partial charge in [-0.3, -0.25) is 14.4 Å². The number of aromatic nitrogens is 1. The smallest absolute Gasteiger partial charge is 0.260 e. The number of aromatic amines is 1. The van der Waals surface area contributed by atoms with Gasteiger partial charge in [0.25, 0.3) is 17.4 Å². The van der Waals surface area contributed by atoms with Gasteiger partial charge in [-0.15, -0.1) is 0 Å². The van der Waals surface area contributed by atoms with Gasteiger partial charge in [0.1, 0.15) is 5.56 Å².